The van der Waals surface area contributed by atoms with Gasteiger partial charge in [0.2, 0.25) is 5.91 Å². The number of aromatic nitrogens is 2. The minimum Gasteiger partial charge on any atom is -0.508 e. The van der Waals surface area contributed by atoms with Gasteiger partial charge < -0.3 is 14.6 Å². The lowest BCUT2D eigenvalue weighted by molar-refractivity contribution is -0.134. The maximum Gasteiger partial charge on any atom is 0.230 e. The molecule has 1 fully saturated rings. The first-order chi connectivity index (χ1) is 11.6. The van der Waals surface area contributed by atoms with Gasteiger partial charge in [0.25, 0.3) is 0 Å². The number of benzene rings is 1. The van der Waals surface area contributed by atoms with E-state index in [0.717, 1.165) is 49.9 Å². The molecule has 1 aromatic carbocycles. The topological polar surface area (TPSA) is 58.4 Å². The van der Waals surface area contributed by atoms with Gasteiger partial charge in [-0.25, -0.2) is 4.98 Å². The first-order valence-corrected chi connectivity index (χ1v) is 8.73. The number of fused-ring (bicyclic) bond motifs is 1. The fourth-order valence-corrected chi connectivity index (χ4v) is 4.25. The minimum atomic E-state index is -0.173. The standard InChI is InChI=1S/C19H23N3O2/c1-13-11-20-12-22(13)15-7-9-21(10-8-15)19(24)16-6-5-14-3-2-4-17(23)18(14)16/h2-4,11-12,15-16,23H,5-10H2,1H3. The van der Waals surface area contributed by atoms with Crippen molar-refractivity contribution in [3.8, 4) is 5.75 Å². The van der Waals surface area contributed by atoms with Crippen LogP contribution in [0.4, 0.5) is 0 Å². The summed E-state index contributed by atoms with van der Waals surface area (Å²) >= 11 is 0. The molecular weight excluding hydrogens is 302 g/mol. The number of amides is 1. The number of likely N-dealkylation sites (tertiary alicyclic amines) is 1. The fraction of sp³-hybridized carbons (Fsp3) is 0.474. The van der Waals surface area contributed by atoms with Gasteiger partial charge in [0.05, 0.1) is 12.2 Å². The number of phenols is 1. The summed E-state index contributed by atoms with van der Waals surface area (Å²) in [5.74, 6) is 0.274. The molecule has 5 heteroatoms. The van der Waals surface area contributed by atoms with E-state index in [1.165, 1.54) is 5.69 Å². The van der Waals surface area contributed by atoms with Crippen molar-refractivity contribution < 1.29 is 9.90 Å². The lowest BCUT2D eigenvalue weighted by Gasteiger charge is -2.34. The summed E-state index contributed by atoms with van der Waals surface area (Å²) < 4.78 is 2.22. The van der Waals surface area contributed by atoms with Crippen LogP contribution in [0.15, 0.2) is 30.7 Å². The third kappa shape index (κ3) is 2.48. The molecule has 1 saturated heterocycles. The number of phenolic OH excluding ortho intramolecular Hbond substituents is 1. The molecule has 2 aliphatic rings. The van der Waals surface area contributed by atoms with Crippen LogP contribution in [0.25, 0.3) is 0 Å². The molecule has 1 atom stereocenters. The highest BCUT2D eigenvalue weighted by Crippen LogP contribution is 2.40. The van der Waals surface area contributed by atoms with Gasteiger partial charge in [0.15, 0.2) is 0 Å². The number of aryl methyl sites for hydroxylation is 2. The second-order valence-electron chi connectivity index (χ2n) is 6.94. The zero-order valence-electron chi connectivity index (χ0n) is 14.0. The highest BCUT2D eigenvalue weighted by atomic mass is 16.3. The van der Waals surface area contributed by atoms with Crippen LogP contribution in [0.3, 0.4) is 0 Å². The molecule has 1 aliphatic carbocycles. The van der Waals surface area contributed by atoms with Crippen molar-refractivity contribution in [1.29, 1.82) is 0 Å². The van der Waals surface area contributed by atoms with Gasteiger partial charge in [-0.3, -0.25) is 4.79 Å². The maximum absolute atomic E-state index is 13.0. The molecule has 0 bridgehead atoms. The Balaban J connectivity index is 1.46. The molecule has 2 aromatic rings. The van der Waals surface area contributed by atoms with Gasteiger partial charge in [0.1, 0.15) is 5.75 Å². The maximum atomic E-state index is 13.0. The molecule has 0 saturated carbocycles. The number of nitrogens with zero attached hydrogens (tertiary/aromatic N) is 3. The van der Waals surface area contributed by atoms with Crippen molar-refractivity contribution in [2.45, 2.75) is 44.6 Å². The number of imidazole rings is 1. The summed E-state index contributed by atoms with van der Waals surface area (Å²) in [6.45, 7) is 3.63. The number of rotatable bonds is 2. The van der Waals surface area contributed by atoms with E-state index in [1.54, 1.807) is 6.07 Å². The van der Waals surface area contributed by atoms with E-state index in [2.05, 4.69) is 16.5 Å². The van der Waals surface area contributed by atoms with E-state index in [4.69, 9.17) is 0 Å². The zero-order valence-corrected chi connectivity index (χ0v) is 14.0. The Morgan fingerprint density at radius 2 is 2.04 bits per heavy atom. The molecule has 2 heterocycles. The van der Waals surface area contributed by atoms with Crippen LogP contribution in [0.5, 0.6) is 5.75 Å². The molecule has 1 N–H and O–H groups in total. The summed E-state index contributed by atoms with van der Waals surface area (Å²) in [7, 11) is 0. The number of aromatic hydroxyl groups is 1. The highest BCUT2D eigenvalue weighted by Gasteiger charge is 2.35. The molecule has 0 radical (unpaired) electrons. The van der Waals surface area contributed by atoms with E-state index >= 15 is 0 Å². The summed E-state index contributed by atoms with van der Waals surface area (Å²) in [6, 6.07) is 6.01. The first kappa shape index (κ1) is 15.2. The highest BCUT2D eigenvalue weighted by molar-refractivity contribution is 5.86. The molecule has 5 nitrogen and oxygen atoms in total. The largest absolute Gasteiger partial charge is 0.508 e. The Kier molecular flexibility index (Phi) is 3.79. The smallest absolute Gasteiger partial charge is 0.230 e. The van der Waals surface area contributed by atoms with Crippen molar-refractivity contribution in [3.63, 3.8) is 0 Å². The lowest BCUT2D eigenvalue weighted by atomic mass is 9.96. The lowest BCUT2D eigenvalue weighted by Crippen LogP contribution is -2.41. The molecular formula is C19H23N3O2. The zero-order chi connectivity index (χ0) is 16.7. The van der Waals surface area contributed by atoms with Crippen molar-refractivity contribution in [2.24, 2.45) is 0 Å². The van der Waals surface area contributed by atoms with Gasteiger partial charge in [-0.05, 0) is 44.2 Å². The molecule has 1 aromatic heterocycles. The van der Waals surface area contributed by atoms with Gasteiger partial charge >= 0.3 is 0 Å². The van der Waals surface area contributed by atoms with Crippen LogP contribution in [-0.4, -0.2) is 38.6 Å². The Morgan fingerprint density at radius 3 is 2.75 bits per heavy atom. The van der Waals surface area contributed by atoms with Crippen molar-refractivity contribution in [3.05, 3.63) is 47.5 Å². The third-order valence-corrected chi connectivity index (χ3v) is 5.55. The summed E-state index contributed by atoms with van der Waals surface area (Å²) in [6.07, 6.45) is 7.39. The van der Waals surface area contributed by atoms with Gasteiger partial charge in [-0.2, -0.15) is 0 Å². The minimum absolute atomic E-state index is 0.173. The van der Waals surface area contributed by atoms with Crippen molar-refractivity contribution >= 4 is 5.91 Å². The van der Waals surface area contributed by atoms with E-state index < -0.39 is 0 Å². The Hall–Kier alpha value is -2.30. The van der Waals surface area contributed by atoms with Crippen LogP contribution < -0.4 is 0 Å². The Bertz CT molecular complexity index is 760. The van der Waals surface area contributed by atoms with Crippen LogP contribution >= 0.6 is 0 Å². The van der Waals surface area contributed by atoms with Crippen molar-refractivity contribution in [1.82, 2.24) is 14.5 Å². The summed E-state index contributed by atoms with van der Waals surface area (Å²) in [5.41, 5.74) is 3.15. The molecule has 1 unspecified atom stereocenters. The van der Waals surface area contributed by atoms with Crippen molar-refractivity contribution in [2.75, 3.05) is 13.1 Å². The van der Waals surface area contributed by atoms with Crippen LogP contribution in [0, 0.1) is 6.92 Å². The Labute approximate surface area is 141 Å². The molecule has 1 aliphatic heterocycles. The van der Waals surface area contributed by atoms with E-state index in [0.29, 0.717) is 6.04 Å². The number of piperidine rings is 1. The van der Waals surface area contributed by atoms with E-state index in [9.17, 15) is 9.90 Å². The third-order valence-electron chi connectivity index (χ3n) is 5.55. The SMILES string of the molecule is Cc1cncn1C1CCN(C(=O)C2CCc3cccc(O)c32)CC1. The first-order valence-electron chi connectivity index (χ1n) is 8.73. The van der Waals surface area contributed by atoms with Gasteiger partial charge in [-0.1, -0.05) is 12.1 Å². The average molecular weight is 325 g/mol. The fourth-order valence-electron chi connectivity index (χ4n) is 4.25. The number of carbonyl (C=O) groups excluding carboxylic acids is 1. The second-order valence-corrected chi connectivity index (χ2v) is 6.94. The summed E-state index contributed by atoms with van der Waals surface area (Å²) in [4.78, 5) is 19.2. The average Bonchev–Trinajstić information content (AvgIpc) is 3.21. The summed E-state index contributed by atoms with van der Waals surface area (Å²) in [5, 5.41) is 10.2. The predicted molar refractivity (Wildman–Crippen MR) is 91.0 cm³/mol. The molecule has 1 amide bonds. The van der Waals surface area contributed by atoms with E-state index in [-0.39, 0.29) is 17.6 Å². The molecule has 126 valence electrons. The molecule has 24 heavy (non-hydrogen) atoms. The van der Waals surface area contributed by atoms with Gasteiger partial charge in [-0.15, -0.1) is 0 Å². The second kappa shape index (κ2) is 5.96. The normalized spacial score (nSPS) is 21.0. The van der Waals surface area contributed by atoms with Crippen LogP contribution in [0.2, 0.25) is 0 Å². The predicted octanol–water partition coefficient (Wildman–Crippen LogP) is 2.79. The van der Waals surface area contributed by atoms with Gasteiger partial charge in [0, 0.05) is 36.6 Å². The quantitative estimate of drug-likeness (QED) is 0.924. The molecule has 4 rings (SSSR count). The number of carbonyl (C=O) groups is 1. The Morgan fingerprint density at radius 1 is 1.25 bits per heavy atom. The van der Waals surface area contributed by atoms with Crippen LogP contribution in [0.1, 0.15) is 48.0 Å². The monoisotopic (exact) mass is 325 g/mol. The number of hydrogen-bond donors (Lipinski definition) is 1. The van der Waals surface area contributed by atoms with Crippen LogP contribution in [-0.2, 0) is 11.2 Å². The number of hydrogen-bond acceptors (Lipinski definition) is 3. The van der Waals surface area contributed by atoms with E-state index in [1.807, 2.05) is 29.6 Å². The molecule has 0 spiro atoms.